The van der Waals surface area contributed by atoms with Gasteiger partial charge in [0.1, 0.15) is 0 Å². The van der Waals surface area contributed by atoms with Crippen molar-refractivity contribution < 1.29 is 42.5 Å². The molecule has 0 aliphatic rings. The Bertz CT molecular complexity index is 152. The molecule has 1 atom stereocenters. The van der Waals surface area contributed by atoms with E-state index in [1.54, 1.807) is 0 Å². The summed E-state index contributed by atoms with van der Waals surface area (Å²) in [5, 5.41) is -0.870. The molecule has 3 nitrogen and oxygen atoms in total. The third kappa shape index (κ3) is 5.69. The summed E-state index contributed by atoms with van der Waals surface area (Å²) < 4.78 is 29.9. The Labute approximate surface area is 82.7 Å². The molecule has 0 spiro atoms. The van der Waals surface area contributed by atoms with Gasteiger partial charge in [-0.1, -0.05) is 0 Å². The quantitative estimate of drug-likeness (QED) is 0.276. The third-order valence-corrected chi connectivity index (χ3v) is 2.70. The van der Waals surface area contributed by atoms with Gasteiger partial charge < -0.3 is 4.55 Å². The fourth-order valence-electron chi connectivity index (χ4n) is 0.0913. The Hall–Kier alpha value is 1.26. The molecule has 0 fully saturated rings. The molecule has 0 bridgehead atoms. The van der Waals surface area contributed by atoms with Gasteiger partial charge in [-0.05, 0) is 6.92 Å². The number of hydrogen-bond acceptors (Lipinski definition) is 4. The Balaban J connectivity index is 0. The molecule has 0 aromatic heterocycles. The Morgan fingerprint density at radius 1 is 1.67 bits per heavy atom. The monoisotopic (exact) mass is 178 g/mol. The molecule has 0 saturated carbocycles. The SMILES string of the molecule is CC(CS)S(=O)(=O)[O-].[Na+]. The van der Waals surface area contributed by atoms with Crippen molar-refractivity contribution in [1.82, 2.24) is 0 Å². The van der Waals surface area contributed by atoms with Crippen LogP contribution in [-0.2, 0) is 10.1 Å². The van der Waals surface area contributed by atoms with Crippen LogP contribution in [0.5, 0.6) is 0 Å². The largest absolute Gasteiger partial charge is 1.00 e. The van der Waals surface area contributed by atoms with Gasteiger partial charge in [-0.15, -0.1) is 0 Å². The van der Waals surface area contributed by atoms with Gasteiger partial charge in [0, 0.05) is 5.75 Å². The van der Waals surface area contributed by atoms with Crippen molar-refractivity contribution in [2.24, 2.45) is 0 Å². The Morgan fingerprint density at radius 2 is 2.00 bits per heavy atom. The van der Waals surface area contributed by atoms with Crippen LogP contribution < -0.4 is 29.6 Å². The van der Waals surface area contributed by atoms with E-state index in [0.29, 0.717) is 0 Å². The molecule has 0 aliphatic carbocycles. The summed E-state index contributed by atoms with van der Waals surface area (Å²) in [5.74, 6) is 0.0891. The van der Waals surface area contributed by atoms with Crippen LogP contribution in [-0.4, -0.2) is 24.0 Å². The molecule has 0 N–H and O–H groups in total. The summed E-state index contributed by atoms with van der Waals surface area (Å²) in [6, 6.07) is 0. The van der Waals surface area contributed by atoms with Crippen molar-refractivity contribution >= 4 is 22.7 Å². The van der Waals surface area contributed by atoms with Crippen molar-refractivity contribution in [2.45, 2.75) is 12.2 Å². The molecule has 0 aliphatic heterocycles. The van der Waals surface area contributed by atoms with E-state index in [-0.39, 0.29) is 35.3 Å². The zero-order valence-corrected chi connectivity index (χ0v) is 9.08. The molecule has 0 aromatic carbocycles. The van der Waals surface area contributed by atoms with Crippen LogP contribution in [0.1, 0.15) is 6.92 Å². The van der Waals surface area contributed by atoms with Crippen molar-refractivity contribution in [3.8, 4) is 0 Å². The second-order valence-corrected chi connectivity index (χ2v) is 3.64. The van der Waals surface area contributed by atoms with Crippen LogP contribution in [0.25, 0.3) is 0 Å². The summed E-state index contributed by atoms with van der Waals surface area (Å²) >= 11 is 3.63. The molecule has 50 valence electrons. The standard InChI is InChI=1S/C3H8O3S2.Na/c1-3(2-7)8(4,5)6;/h3,7H,2H2,1H3,(H,4,5,6);/q;+1/p-1. The first-order valence-electron chi connectivity index (χ1n) is 2.04. The second-order valence-electron chi connectivity index (χ2n) is 1.49. The second kappa shape index (κ2) is 4.98. The van der Waals surface area contributed by atoms with Crippen molar-refractivity contribution in [1.29, 1.82) is 0 Å². The van der Waals surface area contributed by atoms with Crippen LogP contribution in [0.3, 0.4) is 0 Å². The van der Waals surface area contributed by atoms with Crippen LogP contribution in [0.15, 0.2) is 0 Å². The van der Waals surface area contributed by atoms with Gasteiger partial charge in [0.05, 0.1) is 15.4 Å². The number of rotatable bonds is 2. The molecule has 0 heterocycles. The summed E-state index contributed by atoms with van der Waals surface area (Å²) in [6.45, 7) is 1.33. The minimum absolute atomic E-state index is 0. The third-order valence-electron chi connectivity index (χ3n) is 0.750. The number of hydrogen-bond donors (Lipinski definition) is 1. The van der Waals surface area contributed by atoms with Crippen LogP contribution >= 0.6 is 12.6 Å². The van der Waals surface area contributed by atoms with Crippen LogP contribution in [0.4, 0.5) is 0 Å². The molecule has 0 amide bonds. The summed E-state index contributed by atoms with van der Waals surface area (Å²) in [5.41, 5.74) is 0. The van der Waals surface area contributed by atoms with Crippen LogP contribution in [0, 0.1) is 0 Å². The molecule has 9 heavy (non-hydrogen) atoms. The van der Waals surface area contributed by atoms with E-state index in [0.717, 1.165) is 0 Å². The van der Waals surface area contributed by atoms with Crippen molar-refractivity contribution in [3.05, 3.63) is 0 Å². The van der Waals surface area contributed by atoms with E-state index in [9.17, 15) is 13.0 Å². The van der Waals surface area contributed by atoms with Gasteiger partial charge >= 0.3 is 29.6 Å². The fourth-order valence-corrected chi connectivity index (χ4v) is 0.822. The summed E-state index contributed by atoms with van der Waals surface area (Å²) in [7, 11) is -4.08. The minimum atomic E-state index is -4.08. The molecule has 0 aromatic rings. The fraction of sp³-hybridized carbons (Fsp3) is 1.00. The molecule has 1 unspecified atom stereocenters. The van der Waals surface area contributed by atoms with E-state index in [1.807, 2.05) is 0 Å². The zero-order valence-electron chi connectivity index (χ0n) is 5.36. The Morgan fingerprint density at radius 3 is 2.00 bits per heavy atom. The average molecular weight is 178 g/mol. The van der Waals surface area contributed by atoms with Gasteiger partial charge in [0.15, 0.2) is 0 Å². The van der Waals surface area contributed by atoms with E-state index in [2.05, 4.69) is 12.6 Å². The molecular weight excluding hydrogens is 171 g/mol. The predicted octanol–water partition coefficient (Wildman–Crippen LogP) is -3.15. The molecule has 0 rings (SSSR count). The maximum Gasteiger partial charge on any atom is 1.00 e. The zero-order chi connectivity index (χ0) is 6.78. The maximum absolute atomic E-state index is 9.96. The maximum atomic E-state index is 9.96. The van der Waals surface area contributed by atoms with E-state index >= 15 is 0 Å². The van der Waals surface area contributed by atoms with Gasteiger partial charge in [-0.25, -0.2) is 8.42 Å². The van der Waals surface area contributed by atoms with E-state index in [1.165, 1.54) is 6.92 Å². The van der Waals surface area contributed by atoms with Gasteiger partial charge in [-0.3, -0.25) is 0 Å². The summed E-state index contributed by atoms with van der Waals surface area (Å²) in [6.07, 6.45) is 0. The van der Waals surface area contributed by atoms with E-state index < -0.39 is 15.4 Å². The van der Waals surface area contributed by atoms with Gasteiger partial charge in [0.2, 0.25) is 0 Å². The predicted molar refractivity (Wildman–Crippen MR) is 33.0 cm³/mol. The van der Waals surface area contributed by atoms with Crippen molar-refractivity contribution in [2.75, 3.05) is 5.75 Å². The van der Waals surface area contributed by atoms with Crippen LogP contribution in [0.2, 0.25) is 0 Å². The molecule has 6 heteroatoms. The normalized spacial score (nSPS) is 14.1. The first-order chi connectivity index (χ1) is 3.48. The first-order valence-corrected chi connectivity index (χ1v) is 4.14. The smallest absolute Gasteiger partial charge is 0.748 e. The van der Waals surface area contributed by atoms with E-state index in [4.69, 9.17) is 0 Å². The minimum Gasteiger partial charge on any atom is -0.748 e. The first kappa shape index (κ1) is 12.9. The van der Waals surface area contributed by atoms with Gasteiger partial charge in [0.25, 0.3) is 0 Å². The van der Waals surface area contributed by atoms with Gasteiger partial charge in [-0.2, -0.15) is 12.6 Å². The molecule has 0 saturated heterocycles. The topological polar surface area (TPSA) is 57.2 Å². The molecular formula is C3H7NaO3S2. The molecule has 0 radical (unpaired) electrons. The van der Waals surface area contributed by atoms with Crippen molar-refractivity contribution in [3.63, 3.8) is 0 Å². The summed E-state index contributed by atoms with van der Waals surface area (Å²) in [4.78, 5) is 0. The number of thiol groups is 1. The average Bonchev–Trinajstić information content (AvgIpc) is 1.62. The Kier molecular flexibility index (Phi) is 7.14.